The van der Waals surface area contributed by atoms with Crippen molar-refractivity contribution in [2.24, 2.45) is 28.9 Å². The zero-order chi connectivity index (χ0) is 28.3. The predicted molar refractivity (Wildman–Crippen MR) is 138 cm³/mol. The van der Waals surface area contributed by atoms with Gasteiger partial charge >= 0.3 is 0 Å². The minimum Gasteiger partial charge on any atom is -0.369 e. The van der Waals surface area contributed by atoms with Gasteiger partial charge in [0.1, 0.15) is 12.1 Å². The second-order valence-corrected chi connectivity index (χ2v) is 12.0. The number of hydrogen-bond acceptors (Lipinski definition) is 6. The lowest BCUT2D eigenvalue weighted by Gasteiger charge is -2.61. The molecule has 0 aromatic heterocycles. The zero-order valence-electron chi connectivity index (χ0n) is 22.8. The standard InChI is InChI=1S/C26H42N6O6/c1-14(2)5-19(31-21(35)12-28-20(34)11-29-22(36)15(3)30-16(4)33)23(37)32-26-9-17-6-18(10-26)8-25(7-17,13-26)24(27)38/h14-15,17-19H,5-13H2,1-4H3,(H2,27,38)(H,28,34)(H,29,36)(H,30,33)(H,31,35)(H,32,37)/t15-,17-,18?,19-,25?,26?/m0/s1. The van der Waals surface area contributed by atoms with Crippen LogP contribution in [0.15, 0.2) is 0 Å². The molecule has 4 aliphatic carbocycles. The van der Waals surface area contributed by atoms with Crippen LogP contribution in [0.3, 0.4) is 0 Å². The summed E-state index contributed by atoms with van der Waals surface area (Å²) < 4.78 is 0. The number of rotatable bonds is 12. The first-order valence-corrected chi connectivity index (χ1v) is 13.5. The molecule has 0 spiro atoms. The van der Waals surface area contributed by atoms with Crippen LogP contribution in [0.5, 0.6) is 0 Å². The van der Waals surface area contributed by atoms with E-state index in [2.05, 4.69) is 26.6 Å². The maximum atomic E-state index is 13.4. The van der Waals surface area contributed by atoms with Gasteiger partial charge in [0.15, 0.2) is 0 Å². The molecule has 0 radical (unpaired) electrons. The molecule has 7 N–H and O–H groups in total. The van der Waals surface area contributed by atoms with Gasteiger partial charge in [-0.3, -0.25) is 28.8 Å². The van der Waals surface area contributed by atoms with Crippen LogP contribution in [-0.2, 0) is 28.8 Å². The van der Waals surface area contributed by atoms with Crippen molar-refractivity contribution < 1.29 is 28.8 Å². The maximum absolute atomic E-state index is 13.4. The predicted octanol–water partition coefficient (Wildman–Crippen LogP) is -0.785. The highest BCUT2D eigenvalue weighted by Crippen LogP contribution is 2.61. The van der Waals surface area contributed by atoms with Crippen molar-refractivity contribution in [3.05, 3.63) is 0 Å². The van der Waals surface area contributed by atoms with E-state index in [9.17, 15) is 28.8 Å². The Labute approximate surface area is 223 Å². The van der Waals surface area contributed by atoms with Crippen LogP contribution in [0.1, 0.15) is 72.6 Å². The van der Waals surface area contributed by atoms with Gasteiger partial charge in [-0.05, 0) is 69.6 Å². The Balaban J connectivity index is 1.53. The Kier molecular flexibility index (Phi) is 9.04. The summed E-state index contributed by atoms with van der Waals surface area (Å²) in [6.45, 7) is 5.94. The number of nitrogens with two attached hydrogens (primary N) is 1. The molecule has 0 saturated heterocycles. The number of carbonyl (C=O) groups is 6. The molecule has 212 valence electrons. The summed E-state index contributed by atoms with van der Waals surface area (Å²) in [7, 11) is 0. The smallest absolute Gasteiger partial charge is 0.243 e. The summed E-state index contributed by atoms with van der Waals surface area (Å²) in [5.41, 5.74) is 4.77. The van der Waals surface area contributed by atoms with Gasteiger partial charge < -0.3 is 32.3 Å². The molecule has 12 heteroatoms. The van der Waals surface area contributed by atoms with Gasteiger partial charge in [-0.2, -0.15) is 0 Å². The SMILES string of the molecule is CC(=O)N[C@@H](C)C(=O)NCC(=O)NCC(=O)N[C@@H](CC(C)C)C(=O)NC12CC3C[C@H](C1)CC(C(N)=O)(C3)C2. The molecule has 0 aromatic carbocycles. The Bertz CT molecular complexity index is 967. The number of carbonyl (C=O) groups excluding carboxylic acids is 6. The van der Waals surface area contributed by atoms with Crippen LogP contribution in [0.4, 0.5) is 0 Å². The lowest BCUT2D eigenvalue weighted by molar-refractivity contribution is -0.151. The summed E-state index contributed by atoms with van der Waals surface area (Å²) >= 11 is 0. The Morgan fingerprint density at radius 1 is 0.842 bits per heavy atom. The van der Waals surface area contributed by atoms with Crippen LogP contribution in [0.2, 0.25) is 0 Å². The summed E-state index contributed by atoms with van der Waals surface area (Å²) in [5, 5.41) is 13.2. The van der Waals surface area contributed by atoms with Crippen LogP contribution < -0.4 is 32.3 Å². The fraction of sp³-hybridized carbons (Fsp3) is 0.769. The zero-order valence-corrected chi connectivity index (χ0v) is 22.8. The van der Waals surface area contributed by atoms with Gasteiger partial charge in [0.25, 0.3) is 0 Å². The first-order valence-electron chi connectivity index (χ1n) is 13.5. The molecule has 4 aliphatic rings. The van der Waals surface area contributed by atoms with E-state index in [-0.39, 0.29) is 36.7 Å². The highest BCUT2D eigenvalue weighted by molar-refractivity contribution is 5.92. The highest BCUT2D eigenvalue weighted by Gasteiger charge is 2.60. The first-order chi connectivity index (χ1) is 17.7. The van der Waals surface area contributed by atoms with E-state index in [4.69, 9.17) is 5.73 Å². The number of amides is 6. The number of nitrogens with one attached hydrogen (secondary N) is 5. The largest absolute Gasteiger partial charge is 0.369 e. The van der Waals surface area contributed by atoms with Gasteiger partial charge in [0.05, 0.1) is 18.5 Å². The van der Waals surface area contributed by atoms with Crippen LogP contribution in [0.25, 0.3) is 0 Å². The lowest BCUT2D eigenvalue weighted by Crippen LogP contribution is -2.67. The average molecular weight is 535 g/mol. The van der Waals surface area contributed by atoms with Gasteiger partial charge in [0.2, 0.25) is 35.4 Å². The second kappa shape index (κ2) is 11.7. The molecule has 4 bridgehead atoms. The third-order valence-corrected chi connectivity index (χ3v) is 8.01. The summed E-state index contributed by atoms with van der Waals surface area (Å²) in [4.78, 5) is 73.4. The molecule has 12 nitrogen and oxygen atoms in total. The van der Waals surface area contributed by atoms with Crippen LogP contribution >= 0.6 is 0 Å². The molecular weight excluding hydrogens is 492 g/mol. The normalized spacial score (nSPS) is 28.7. The fourth-order valence-electron chi connectivity index (χ4n) is 6.93. The van der Waals surface area contributed by atoms with Crippen molar-refractivity contribution in [2.75, 3.05) is 13.1 Å². The Hall–Kier alpha value is -3.18. The number of primary amides is 1. The summed E-state index contributed by atoms with van der Waals surface area (Å²) in [6, 6.07) is -1.60. The topological polar surface area (TPSA) is 189 Å². The van der Waals surface area contributed by atoms with Crippen LogP contribution in [-0.4, -0.2) is 66.2 Å². The first kappa shape index (κ1) is 29.4. The molecule has 4 rings (SSSR count). The Morgan fingerprint density at radius 2 is 1.45 bits per heavy atom. The van der Waals surface area contributed by atoms with Gasteiger partial charge in [0, 0.05) is 12.5 Å². The lowest BCUT2D eigenvalue weighted by atomic mass is 9.46. The summed E-state index contributed by atoms with van der Waals surface area (Å²) in [5.74, 6) is -1.75. The molecule has 3 unspecified atom stereocenters. The van der Waals surface area contributed by atoms with Crippen molar-refractivity contribution >= 4 is 35.4 Å². The molecule has 6 amide bonds. The molecule has 0 heterocycles. The van der Waals surface area contributed by atoms with Crippen molar-refractivity contribution in [3.8, 4) is 0 Å². The van der Waals surface area contributed by atoms with E-state index < -0.39 is 40.8 Å². The van der Waals surface area contributed by atoms with E-state index in [0.717, 1.165) is 32.1 Å². The summed E-state index contributed by atoms with van der Waals surface area (Å²) in [6.07, 6.45) is 5.21. The quantitative estimate of drug-likeness (QED) is 0.190. The van der Waals surface area contributed by atoms with E-state index in [1.165, 1.54) is 13.8 Å². The van der Waals surface area contributed by atoms with E-state index in [0.29, 0.717) is 24.7 Å². The monoisotopic (exact) mass is 534 g/mol. The number of hydrogen-bond donors (Lipinski definition) is 6. The van der Waals surface area contributed by atoms with Gasteiger partial charge in [-0.1, -0.05) is 13.8 Å². The fourth-order valence-corrected chi connectivity index (χ4v) is 6.93. The molecule has 0 aliphatic heterocycles. The van der Waals surface area contributed by atoms with Gasteiger partial charge in [-0.15, -0.1) is 0 Å². The Morgan fingerprint density at radius 3 is 2.00 bits per heavy atom. The molecule has 4 fully saturated rings. The molecule has 0 aromatic rings. The van der Waals surface area contributed by atoms with Gasteiger partial charge in [-0.25, -0.2) is 0 Å². The average Bonchev–Trinajstić information content (AvgIpc) is 2.78. The molecule has 4 saturated carbocycles. The minimum absolute atomic E-state index is 0.120. The van der Waals surface area contributed by atoms with Crippen LogP contribution in [0, 0.1) is 23.2 Å². The third kappa shape index (κ3) is 7.22. The molecule has 6 atom stereocenters. The molecule has 38 heavy (non-hydrogen) atoms. The van der Waals surface area contributed by atoms with Crippen molar-refractivity contribution in [3.63, 3.8) is 0 Å². The second-order valence-electron chi connectivity index (χ2n) is 12.0. The highest BCUT2D eigenvalue weighted by atomic mass is 16.2. The van der Waals surface area contributed by atoms with E-state index in [1.54, 1.807) is 0 Å². The van der Waals surface area contributed by atoms with Crippen molar-refractivity contribution in [2.45, 2.75) is 90.3 Å². The third-order valence-electron chi connectivity index (χ3n) is 8.01. The van der Waals surface area contributed by atoms with E-state index >= 15 is 0 Å². The maximum Gasteiger partial charge on any atom is 0.243 e. The van der Waals surface area contributed by atoms with Crippen molar-refractivity contribution in [1.82, 2.24) is 26.6 Å². The minimum atomic E-state index is -0.800. The molecular formula is C26H42N6O6. The van der Waals surface area contributed by atoms with Crippen molar-refractivity contribution in [1.29, 1.82) is 0 Å². The van der Waals surface area contributed by atoms with E-state index in [1.807, 2.05) is 13.8 Å².